The van der Waals surface area contributed by atoms with E-state index in [1.807, 2.05) is 0 Å². The van der Waals surface area contributed by atoms with Gasteiger partial charge in [-0.1, -0.05) is 0 Å². The van der Waals surface area contributed by atoms with Crippen LogP contribution in [-0.2, 0) is 44.1 Å². The number of thiol groups is 2. The van der Waals surface area contributed by atoms with Crippen LogP contribution in [0.5, 0.6) is 0 Å². The van der Waals surface area contributed by atoms with E-state index in [0.717, 1.165) is 0 Å². The second kappa shape index (κ2) is 19.9. The summed E-state index contributed by atoms with van der Waals surface area (Å²) in [6.45, 7) is 0. The molecule has 0 nitrogen and oxygen atoms in total. The predicted molar refractivity (Wildman–Crippen MR) is 23.3 cm³/mol. The summed E-state index contributed by atoms with van der Waals surface area (Å²) in [6, 6.07) is 0. The Balaban J connectivity index is 0. The molecule has 0 atom stereocenters. The van der Waals surface area contributed by atoms with Crippen molar-refractivity contribution in [3.05, 3.63) is 0 Å². The zero-order valence-electron chi connectivity index (χ0n) is 1.70. The van der Waals surface area contributed by atoms with E-state index in [1.54, 1.807) is 0 Å². The van der Waals surface area contributed by atoms with Gasteiger partial charge in [-0.3, -0.25) is 0 Å². The van der Waals surface area contributed by atoms with Crippen molar-refractivity contribution in [1.82, 2.24) is 0 Å². The average Bonchev–Trinajstić information content (AvgIpc) is 0. The van der Waals surface area contributed by atoms with Crippen LogP contribution < -0.4 is 0 Å². The molecule has 0 rings (SSSR count). The van der Waals surface area contributed by atoms with Gasteiger partial charge in [0, 0.05) is 23.9 Å². The summed E-state index contributed by atoms with van der Waals surface area (Å²) >= 11 is 0. The summed E-state index contributed by atoms with van der Waals surface area (Å²) in [6.07, 6.45) is 0. The van der Waals surface area contributed by atoms with Crippen molar-refractivity contribution in [2.75, 3.05) is 0 Å². The Morgan fingerprint density at radius 2 is 0.750 bits per heavy atom. The van der Waals surface area contributed by atoms with E-state index in [1.165, 1.54) is 0 Å². The van der Waals surface area contributed by atoms with E-state index in [4.69, 9.17) is 0 Å². The first-order valence-corrected chi connectivity index (χ1v) is 0. The quantitative estimate of drug-likeness (QED) is 0.309. The summed E-state index contributed by atoms with van der Waals surface area (Å²) in [5, 5.41) is 0. The van der Waals surface area contributed by atoms with Gasteiger partial charge in [-0.05, 0) is 0 Å². The Hall–Kier alpha value is 2.02. The Kier molecular flexibility index (Phi) is 185. The molecular formula is H2CuS2Sn. The topological polar surface area (TPSA) is 0 Å². The van der Waals surface area contributed by atoms with Gasteiger partial charge in [0.05, 0.1) is 0 Å². The summed E-state index contributed by atoms with van der Waals surface area (Å²) in [4.78, 5) is 0. The molecule has 4 heteroatoms. The molecule has 0 amide bonds. The largest absolute Gasteiger partial charge is 2.00 e. The minimum absolute atomic E-state index is 0. The van der Waals surface area contributed by atoms with Gasteiger partial charge in [0.1, 0.15) is 0 Å². The monoisotopic (exact) mass is 249 g/mol. The van der Waals surface area contributed by atoms with Crippen LogP contribution in [0.4, 0.5) is 0 Å². The molecule has 0 bridgehead atoms. The summed E-state index contributed by atoms with van der Waals surface area (Å²) < 4.78 is 0. The van der Waals surface area contributed by atoms with Crippen molar-refractivity contribution in [1.29, 1.82) is 0 Å². The van der Waals surface area contributed by atoms with Crippen molar-refractivity contribution >= 4 is 50.9 Å². The van der Waals surface area contributed by atoms with E-state index in [9.17, 15) is 0 Å². The predicted octanol–water partition coefficient (Wildman–Crippen LogP) is -0.923. The first-order valence-electron chi connectivity index (χ1n) is 0. The van der Waals surface area contributed by atoms with Crippen LogP contribution in [0.2, 0.25) is 0 Å². The van der Waals surface area contributed by atoms with Gasteiger partial charge in [-0.2, -0.15) is 0 Å². The molecule has 29 valence electrons. The molecular weight excluding hydrogens is 246 g/mol. The molecule has 0 aromatic rings. The smallest absolute Gasteiger partial charge is 0.813 e. The zero-order chi connectivity index (χ0) is 0. The third-order valence-corrected chi connectivity index (χ3v) is 0. The van der Waals surface area contributed by atoms with E-state index >= 15 is 0 Å². The fraction of sp³-hybridized carbons (Fsp3) is 0. The molecule has 0 saturated carbocycles. The molecule has 0 fully saturated rings. The minimum atomic E-state index is 0. The van der Waals surface area contributed by atoms with Crippen molar-refractivity contribution in [2.45, 2.75) is 0 Å². The Labute approximate surface area is 67.4 Å². The maximum Gasteiger partial charge on any atom is 2.00 e. The molecule has 4 heavy (non-hydrogen) atoms. The van der Waals surface area contributed by atoms with E-state index < -0.39 is 0 Å². The maximum absolute atomic E-state index is 0. The summed E-state index contributed by atoms with van der Waals surface area (Å²) in [7, 11) is 0. The minimum Gasteiger partial charge on any atom is -0.813 e. The first kappa shape index (κ1) is 37.2. The number of hydrogen-bond acceptors (Lipinski definition) is 2. The van der Waals surface area contributed by atoms with Gasteiger partial charge >= 0.3 is 17.1 Å². The van der Waals surface area contributed by atoms with E-state index in [-0.39, 0.29) is 68.0 Å². The normalized spacial score (nSPS) is 0. The van der Waals surface area contributed by atoms with Crippen molar-refractivity contribution in [3.8, 4) is 0 Å². The molecule has 0 heterocycles. The molecule has 0 spiro atoms. The molecule has 0 aliphatic heterocycles. The Morgan fingerprint density at radius 3 is 0.750 bits per heavy atom. The molecule has 0 aliphatic rings. The Bertz CT molecular complexity index is 6.00. The van der Waals surface area contributed by atoms with Gasteiger partial charge in [0.25, 0.3) is 0 Å². The van der Waals surface area contributed by atoms with Crippen molar-refractivity contribution in [3.63, 3.8) is 0 Å². The third-order valence-electron chi connectivity index (χ3n) is 0. The van der Waals surface area contributed by atoms with Crippen LogP contribution >= 0.6 is 0 Å². The van der Waals surface area contributed by atoms with E-state index in [2.05, 4.69) is 0 Å². The number of hydrogen-bond donors (Lipinski definition) is 0. The van der Waals surface area contributed by atoms with Crippen LogP contribution in [-0.4, -0.2) is 23.9 Å². The van der Waals surface area contributed by atoms with Gasteiger partial charge in [-0.15, -0.1) is 0 Å². The van der Waals surface area contributed by atoms with Crippen LogP contribution in [0, 0.1) is 0 Å². The van der Waals surface area contributed by atoms with Crippen molar-refractivity contribution < 1.29 is 17.1 Å². The third kappa shape index (κ3) is 8.99. The van der Waals surface area contributed by atoms with Gasteiger partial charge in [0.15, 0.2) is 0 Å². The second-order valence-electron chi connectivity index (χ2n) is 0. The second-order valence-corrected chi connectivity index (χ2v) is 0. The maximum atomic E-state index is 0. The van der Waals surface area contributed by atoms with Gasteiger partial charge < -0.3 is 27.0 Å². The van der Waals surface area contributed by atoms with Gasteiger partial charge in [0.2, 0.25) is 0 Å². The van der Waals surface area contributed by atoms with Crippen LogP contribution in [0.1, 0.15) is 0 Å². The zero-order valence-corrected chi connectivity index (χ0v) is 7.28. The molecule has 0 aliphatic carbocycles. The fourth-order valence-corrected chi connectivity index (χ4v) is 0. The van der Waals surface area contributed by atoms with Gasteiger partial charge in [-0.25, -0.2) is 0 Å². The first-order chi connectivity index (χ1) is 0. The molecule has 5 radical (unpaired) electrons. The average molecular weight is 248 g/mol. The SMILES string of the molecule is [Cu+2].[SH-].[SH-].[Sn]. The summed E-state index contributed by atoms with van der Waals surface area (Å²) in [5.74, 6) is 0. The van der Waals surface area contributed by atoms with Crippen LogP contribution in [0.25, 0.3) is 0 Å². The molecule has 0 saturated heterocycles. The molecule has 0 aromatic carbocycles. The standard InChI is InChI=1S/Cu.2H2S.Sn/h;2*1H2;/q+2;;;/p-2. The molecule has 0 aromatic heterocycles. The van der Waals surface area contributed by atoms with Crippen LogP contribution in [0.15, 0.2) is 0 Å². The molecule has 0 unspecified atom stereocenters. The van der Waals surface area contributed by atoms with Crippen molar-refractivity contribution in [2.24, 2.45) is 0 Å². The Morgan fingerprint density at radius 1 is 0.750 bits per heavy atom. The number of rotatable bonds is 0. The van der Waals surface area contributed by atoms with E-state index in [0.29, 0.717) is 0 Å². The summed E-state index contributed by atoms with van der Waals surface area (Å²) in [5.41, 5.74) is 0. The molecule has 0 N–H and O–H groups in total. The fourth-order valence-electron chi connectivity index (χ4n) is 0. The van der Waals surface area contributed by atoms with Crippen LogP contribution in [0.3, 0.4) is 0 Å².